The van der Waals surface area contributed by atoms with Crippen LogP contribution in [0.5, 0.6) is 0 Å². The Kier molecular flexibility index (Phi) is 4.58. The van der Waals surface area contributed by atoms with Gasteiger partial charge >= 0.3 is 0 Å². The summed E-state index contributed by atoms with van der Waals surface area (Å²) in [7, 11) is 0. The Morgan fingerprint density at radius 3 is 1.56 bits per heavy atom. The molecule has 0 aromatic carbocycles. The van der Waals surface area contributed by atoms with Crippen molar-refractivity contribution >= 4 is 0 Å². The van der Waals surface area contributed by atoms with Gasteiger partial charge in [0.25, 0.3) is 0 Å². The molecule has 2 aliphatic rings. The van der Waals surface area contributed by atoms with Crippen LogP contribution in [0.25, 0.3) is 0 Å². The lowest BCUT2D eigenvalue weighted by atomic mass is 9.84. The molecule has 2 unspecified atom stereocenters. The SMILES string of the molecule is CC1CCC(CCC2=C(F)CC(C)CC2)=C(F)C1. The predicted octanol–water partition coefficient (Wildman–Crippen LogP) is 5.85. The number of rotatable bonds is 3. The molecule has 0 spiro atoms. The summed E-state index contributed by atoms with van der Waals surface area (Å²) in [5.74, 6) is 1.11. The monoisotopic (exact) mass is 254 g/mol. The van der Waals surface area contributed by atoms with E-state index in [1.807, 2.05) is 0 Å². The Hall–Kier alpha value is -0.660. The summed E-state index contributed by atoms with van der Waals surface area (Å²) >= 11 is 0. The standard InChI is InChI=1S/C16H24F2/c1-11-3-5-13(15(17)9-11)7-8-14-6-4-12(2)10-16(14)18/h11-12H,3-10H2,1-2H3. The number of allylic oxidation sites excluding steroid dienone is 4. The van der Waals surface area contributed by atoms with Gasteiger partial charge in [-0.3, -0.25) is 0 Å². The van der Waals surface area contributed by atoms with Crippen LogP contribution in [0.1, 0.15) is 65.2 Å². The third-order valence-corrected chi connectivity index (χ3v) is 4.43. The topological polar surface area (TPSA) is 0 Å². The summed E-state index contributed by atoms with van der Waals surface area (Å²) in [5.41, 5.74) is 1.90. The average molecular weight is 254 g/mol. The Morgan fingerprint density at radius 2 is 1.22 bits per heavy atom. The van der Waals surface area contributed by atoms with Crippen LogP contribution in [0.3, 0.4) is 0 Å². The fourth-order valence-electron chi connectivity index (χ4n) is 3.04. The van der Waals surface area contributed by atoms with Crippen molar-refractivity contribution in [3.05, 3.63) is 22.8 Å². The molecule has 0 N–H and O–H groups in total. The van der Waals surface area contributed by atoms with Crippen molar-refractivity contribution in [1.29, 1.82) is 0 Å². The molecule has 0 aromatic rings. The van der Waals surface area contributed by atoms with Gasteiger partial charge in [0.2, 0.25) is 0 Å². The average Bonchev–Trinajstić information content (AvgIpc) is 2.30. The van der Waals surface area contributed by atoms with E-state index >= 15 is 0 Å². The minimum absolute atomic E-state index is 0.0823. The van der Waals surface area contributed by atoms with E-state index in [0.29, 0.717) is 24.7 Å². The third-order valence-electron chi connectivity index (χ3n) is 4.43. The van der Waals surface area contributed by atoms with E-state index in [2.05, 4.69) is 13.8 Å². The Labute approximate surface area is 109 Å². The summed E-state index contributed by atoms with van der Waals surface area (Å²) in [5, 5.41) is 0. The van der Waals surface area contributed by atoms with Gasteiger partial charge in [-0.15, -0.1) is 0 Å². The Balaban J connectivity index is 1.92. The van der Waals surface area contributed by atoms with Crippen LogP contribution in [-0.4, -0.2) is 0 Å². The molecule has 0 amide bonds. The quantitative estimate of drug-likeness (QED) is 0.592. The third kappa shape index (κ3) is 3.43. The van der Waals surface area contributed by atoms with E-state index in [0.717, 1.165) is 49.7 Å². The Bertz CT molecular complexity index is 329. The summed E-state index contributed by atoms with van der Waals surface area (Å²) < 4.78 is 27.6. The molecule has 0 aromatic heterocycles. The van der Waals surface area contributed by atoms with Gasteiger partial charge in [-0.25, -0.2) is 8.78 Å². The molecular formula is C16H24F2. The molecule has 0 aliphatic heterocycles. The van der Waals surface area contributed by atoms with Gasteiger partial charge in [0.1, 0.15) is 0 Å². The van der Waals surface area contributed by atoms with E-state index in [4.69, 9.17) is 0 Å². The molecule has 2 atom stereocenters. The normalized spacial score (nSPS) is 30.0. The van der Waals surface area contributed by atoms with E-state index in [9.17, 15) is 8.78 Å². The molecule has 0 nitrogen and oxygen atoms in total. The lowest BCUT2D eigenvalue weighted by Gasteiger charge is -2.23. The first-order valence-corrected chi connectivity index (χ1v) is 7.29. The minimum atomic E-state index is 0.0823. The fourth-order valence-corrected chi connectivity index (χ4v) is 3.04. The number of hydrogen-bond donors (Lipinski definition) is 0. The van der Waals surface area contributed by atoms with Gasteiger partial charge in [-0.05, 0) is 61.5 Å². The zero-order chi connectivity index (χ0) is 13.1. The number of hydrogen-bond acceptors (Lipinski definition) is 0. The summed E-state index contributed by atoms with van der Waals surface area (Å²) in [6.45, 7) is 4.20. The van der Waals surface area contributed by atoms with Crippen LogP contribution < -0.4 is 0 Å². The predicted molar refractivity (Wildman–Crippen MR) is 71.5 cm³/mol. The largest absolute Gasteiger partial charge is 0.212 e. The van der Waals surface area contributed by atoms with Crippen molar-refractivity contribution in [2.24, 2.45) is 11.8 Å². The first-order valence-electron chi connectivity index (χ1n) is 7.29. The van der Waals surface area contributed by atoms with Crippen LogP contribution >= 0.6 is 0 Å². The van der Waals surface area contributed by atoms with Crippen LogP contribution in [0, 0.1) is 11.8 Å². The smallest absolute Gasteiger partial charge is 0.0994 e. The minimum Gasteiger partial charge on any atom is -0.212 e. The second-order valence-corrected chi connectivity index (χ2v) is 6.21. The fraction of sp³-hybridized carbons (Fsp3) is 0.750. The van der Waals surface area contributed by atoms with Crippen LogP contribution in [0.15, 0.2) is 22.8 Å². The maximum absolute atomic E-state index is 13.8. The van der Waals surface area contributed by atoms with Gasteiger partial charge in [-0.2, -0.15) is 0 Å². The molecule has 0 fully saturated rings. The van der Waals surface area contributed by atoms with Crippen molar-refractivity contribution in [2.75, 3.05) is 0 Å². The van der Waals surface area contributed by atoms with Crippen molar-refractivity contribution in [1.82, 2.24) is 0 Å². The highest BCUT2D eigenvalue weighted by Crippen LogP contribution is 2.36. The van der Waals surface area contributed by atoms with Crippen molar-refractivity contribution in [3.8, 4) is 0 Å². The molecule has 102 valence electrons. The molecule has 0 saturated carbocycles. The van der Waals surface area contributed by atoms with Crippen LogP contribution in [0.4, 0.5) is 8.78 Å². The molecule has 0 saturated heterocycles. The van der Waals surface area contributed by atoms with Gasteiger partial charge in [0.05, 0.1) is 11.7 Å². The first-order chi connectivity index (χ1) is 8.56. The zero-order valence-electron chi connectivity index (χ0n) is 11.6. The van der Waals surface area contributed by atoms with E-state index in [1.165, 1.54) is 0 Å². The highest BCUT2D eigenvalue weighted by molar-refractivity contribution is 5.17. The summed E-state index contributed by atoms with van der Waals surface area (Å²) in [6.07, 6.45) is 6.56. The molecule has 18 heavy (non-hydrogen) atoms. The van der Waals surface area contributed by atoms with Crippen molar-refractivity contribution in [2.45, 2.75) is 65.2 Å². The Morgan fingerprint density at radius 1 is 0.833 bits per heavy atom. The van der Waals surface area contributed by atoms with E-state index < -0.39 is 0 Å². The van der Waals surface area contributed by atoms with Crippen LogP contribution in [-0.2, 0) is 0 Å². The van der Waals surface area contributed by atoms with Gasteiger partial charge < -0.3 is 0 Å². The molecule has 2 aliphatic carbocycles. The maximum atomic E-state index is 13.8. The molecule has 2 rings (SSSR count). The van der Waals surface area contributed by atoms with Crippen LogP contribution in [0.2, 0.25) is 0 Å². The lowest BCUT2D eigenvalue weighted by Crippen LogP contribution is -2.08. The first kappa shape index (κ1) is 13.8. The lowest BCUT2D eigenvalue weighted by molar-refractivity contribution is 0.404. The highest BCUT2D eigenvalue weighted by Gasteiger charge is 2.21. The van der Waals surface area contributed by atoms with Crippen molar-refractivity contribution < 1.29 is 8.78 Å². The second kappa shape index (κ2) is 5.99. The maximum Gasteiger partial charge on any atom is 0.0994 e. The summed E-state index contributed by atoms with van der Waals surface area (Å²) in [6, 6.07) is 0. The molecular weight excluding hydrogens is 230 g/mol. The van der Waals surface area contributed by atoms with Gasteiger partial charge in [-0.1, -0.05) is 13.8 Å². The molecule has 0 radical (unpaired) electrons. The zero-order valence-corrected chi connectivity index (χ0v) is 11.6. The van der Waals surface area contributed by atoms with E-state index in [-0.39, 0.29) is 11.7 Å². The molecule has 0 bridgehead atoms. The highest BCUT2D eigenvalue weighted by atomic mass is 19.1. The molecule has 0 heterocycles. The molecule has 2 heteroatoms. The summed E-state index contributed by atoms with van der Waals surface area (Å²) in [4.78, 5) is 0. The van der Waals surface area contributed by atoms with Gasteiger partial charge in [0, 0.05) is 12.8 Å². The number of halogens is 2. The second-order valence-electron chi connectivity index (χ2n) is 6.21. The van der Waals surface area contributed by atoms with Gasteiger partial charge in [0.15, 0.2) is 0 Å². The van der Waals surface area contributed by atoms with Crippen molar-refractivity contribution in [3.63, 3.8) is 0 Å². The van der Waals surface area contributed by atoms with E-state index in [1.54, 1.807) is 0 Å².